The third-order valence-electron chi connectivity index (χ3n) is 5.44. The van der Waals surface area contributed by atoms with Crippen LogP contribution < -0.4 is 9.88 Å². The molecule has 2 heterocycles. The van der Waals surface area contributed by atoms with E-state index in [-0.39, 0.29) is 35.1 Å². The van der Waals surface area contributed by atoms with Crippen molar-refractivity contribution in [3.8, 4) is 17.0 Å². The summed E-state index contributed by atoms with van der Waals surface area (Å²) in [6.45, 7) is 6.47. The van der Waals surface area contributed by atoms with Crippen molar-refractivity contribution in [3.63, 3.8) is 0 Å². The standard InChI is InChI=1S/C23H25F3N4O5S/c1-12(2)14-8-16(24)21(26)20(15(14)9-19(31)32)13-5-6-28-18(7-13)35-11-23(3,4)30-10-17(25)22(29-30)36(27,33)34/h5-8,10,12H,9,11H2,1-4H3,(H,31,32)(H2,27,33,34). The van der Waals surface area contributed by atoms with Crippen molar-refractivity contribution < 1.29 is 36.2 Å². The molecule has 0 atom stereocenters. The molecular formula is C23H25F3N4O5S. The fraction of sp³-hybridized carbons (Fsp3) is 0.348. The van der Waals surface area contributed by atoms with E-state index in [2.05, 4.69) is 10.1 Å². The monoisotopic (exact) mass is 526 g/mol. The van der Waals surface area contributed by atoms with Crippen molar-refractivity contribution >= 4 is 16.0 Å². The van der Waals surface area contributed by atoms with Crippen LogP contribution in [0.2, 0.25) is 0 Å². The lowest BCUT2D eigenvalue weighted by Crippen LogP contribution is -2.34. The number of pyridine rings is 1. The largest absolute Gasteiger partial charge is 0.481 e. The number of ether oxygens (including phenoxy) is 1. The van der Waals surface area contributed by atoms with Gasteiger partial charge in [0.2, 0.25) is 10.9 Å². The van der Waals surface area contributed by atoms with Gasteiger partial charge in [-0.05, 0) is 48.6 Å². The van der Waals surface area contributed by atoms with E-state index < -0.39 is 50.4 Å². The quantitative estimate of drug-likeness (QED) is 0.435. The van der Waals surface area contributed by atoms with Crippen LogP contribution in [-0.2, 0) is 26.8 Å². The van der Waals surface area contributed by atoms with Gasteiger partial charge in [-0.15, -0.1) is 0 Å². The van der Waals surface area contributed by atoms with Gasteiger partial charge in [-0.25, -0.2) is 31.7 Å². The van der Waals surface area contributed by atoms with E-state index in [1.54, 1.807) is 27.7 Å². The van der Waals surface area contributed by atoms with Crippen molar-refractivity contribution in [1.82, 2.24) is 14.8 Å². The Morgan fingerprint density at radius 2 is 1.89 bits per heavy atom. The average Bonchev–Trinajstić information content (AvgIpc) is 3.18. The molecule has 0 spiro atoms. The van der Waals surface area contributed by atoms with Crippen LogP contribution in [0.5, 0.6) is 5.88 Å². The van der Waals surface area contributed by atoms with Gasteiger partial charge in [-0.2, -0.15) is 5.10 Å². The maximum Gasteiger partial charge on any atom is 0.307 e. The molecule has 3 rings (SSSR count). The zero-order valence-electron chi connectivity index (χ0n) is 19.9. The normalized spacial score (nSPS) is 12.2. The SMILES string of the molecule is CC(C)c1cc(F)c(F)c(-c2ccnc(OCC(C)(C)n3cc(F)c(S(N)(=O)=O)n3)c2)c1CC(=O)O. The Hall–Kier alpha value is -3.45. The molecule has 0 unspecified atom stereocenters. The van der Waals surface area contributed by atoms with Crippen molar-refractivity contribution in [2.24, 2.45) is 5.14 Å². The predicted molar refractivity (Wildman–Crippen MR) is 123 cm³/mol. The molecule has 13 heteroatoms. The number of nitrogens with two attached hydrogens (primary N) is 1. The van der Waals surface area contributed by atoms with E-state index in [1.165, 1.54) is 18.3 Å². The number of carbonyl (C=O) groups is 1. The number of aliphatic carboxylic acids is 1. The van der Waals surface area contributed by atoms with E-state index in [4.69, 9.17) is 9.88 Å². The molecule has 0 saturated carbocycles. The highest BCUT2D eigenvalue weighted by Gasteiger charge is 2.29. The zero-order valence-corrected chi connectivity index (χ0v) is 20.7. The number of carboxylic acids is 1. The van der Waals surface area contributed by atoms with Crippen LogP contribution in [0.15, 0.2) is 35.6 Å². The molecular weight excluding hydrogens is 501 g/mol. The molecule has 194 valence electrons. The van der Waals surface area contributed by atoms with Crippen LogP contribution in [0, 0.1) is 17.5 Å². The molecule has 3 aromatic rings. The number of primary sulfonamides is 1. The lowest BCUT2D eigenvalue weighted by atomic mass is 9.88. The highest BCUT2D eigenvalue weighted by Crippen LogP contribution is 2.36. The molecule has 0 aliphatic heterocycles. The first-order valence-corrected chi connectivity index (χ1v) is 12.3. The van der Waals surface area contributed by atoms with Gasteiger partial charge in [0.05, 0.1) is 18.2 Å². The minimum atomic E-state index is -4.37. The van der Waals surface area contributed by atoms with Gasteiger partial charge in [0.25, 0.3) is 10.0 Å². The topological polar surface area (TPSA) is 137 Å². The van der Waals surface area contributed by atoms with Crippen LogP contribution in [0.25, 0.3) is 11.1 Å². The number of nitrogens with zero attached hydrogens (tertiary/aromatic N) is 3. The number of benzene rings is 1. The number of carboxylic acid groups (broad SMARTS) is 1. The number of hydrogen-bond donors (Lipinski definition) is 2. The van der Waals surface area contributed by atoms with Crippen molar-refractivity contribution in [2.45, 2.75) is 50.6 Å². The van der Waals surface area contributed by atoms with Crippen LogP contribution in [0.4, 0.5) is 13.2 Å². The first-order chi connectivity index (χ1) is 16.6. The predicted octanol–water partition coefficient (Wildman–Crippen LogP) is 3.57. The molecule has 0 radical (unpaired) electrons. The highest BCUT2D eigenvalue weighted by atomic mass is 32.2. The summed E-state index contributed by atoms with van der Waals surface area (Å²) < 4.78 is 73.1. The molecule has 1 aromatic carbocycles. The molecule has 0 saturated heterocycles. The summed E-state index contributed by atoms with van der Waals surface area (Å²) in [7, 11) is -4.37. The minimum absolute atomic E-state index is 0.0177. The minimum Gasteiger partial charge on any atom is -0.481 e. The van der Waals surface area contributed by atoms with Gasteiger partial charge in [-0.3, -0.25) is 9.48 Å². The fourth-order valence-corrected chi connectivity index (χ4v) is 4.17. The van der Waals surface area contributed by atoms with Crippen LogP contribution in [0.3, 0.4) is 0 Å². The second-order valence-corrected chi connectivity index (χ2v) is 10.6. The Bertz CT molecular complexity index is 1420. The Morgan fingerprint density at radius 1 is 1.22 bits per heavy atom. The van der Waals surface area contributed by atoms with E-state index >= 15 is 0 Å². The molecule has 3 N–H and O–H groups in total. The van der Waals surface area contributed by atoms with Crippen molar-refractivity contribution in [3.05, 3.63) is 59.2 Å². The highest BCUT2D eigenvalue weighted by molar-refractivity contribution is 7.89. The second kappa shape index (κ2) is 9.90. The number of rotatable bonds is 9. The van der Waals surface area contributed by atoms with Gasteiger partial charge in [-0.1, -0.05) is 13.8 Å². The maximum absolute atomic E-state index is 15.0. The smallest absolute Gasteiger partial charge is 0.307 e. The first kappa shape index (κ1) is 27.1. The zero-order chi connectivity index (χ0) is 27.0. The van der Waals surface area contributed by atoms with Gasteiger partial charge >= 0.3 is 5.97 Å². The van der Waals surface area contributed by atoms with E-state index in [9.17, 15) is 31.5 Å². The van der Waals surface area contributed by atoms with Crippen LogP contribution >= 0.6 is 0 Å². The molecule has 36 heavy (non-hydrogen) atoms. The summed E-state index contributed by atoms with van der Waals surface area (Å²) in [5.74, 6) is -4.94. The summed E-state index contributed by atoms with van der Waals surface area (Å²) in [6.07, 6.45) is 1.62. The molecule has 2 aromatic heterocycles. The van der Waals surface area contributed by atoms with Crippen LogP contribution in [-0.4, -0.2) is 40.9 Å². The molecule has 0 aliphatic carbocycles. The van der Waals surface area contributed by atoms with E-state index in [0.717, 1.165) is 16.9 Å². The fourth-order valence-electron chi connectivity index (χ4n) is 3.64. The molecule has 0 fully saturated rings. The Labute approximate surface area is 205 Å². The van der Waals surface area contributed by atoms with Gasteiger partial charge in [0.15, 0.2) is 17.5 Å². The van der Waals surface area contributed by atoms with Gasteiger partial charge < -0.3 is 9.84 Å². The molecule has 0 bridgehead atoms. The van der Waals surface area contributed by atoms with Crippen molar-refractivity contribution in [1.29, 1.82) is 0 Å². The Kier molecular flexibility index (Phi) is 7.46. The number of halogens is 3. The van der Waals surface area contributed by atoms with E-state index in [0.29, 0.717) is 5.56 Å². The Morgan fingerprint density at radius 3 is 2.44 bits per heavy atom. The lowest BCUT2D eigenvalue weighted by Gasteiger charge is -2.25. The van der Waals surface area contributed by atoms with Gasteiger partial charge in [0.1, 0.15) is 6.61 Å². The van der Waals surface area contributed by atoms with E-state index in [1.807, 2.05) is 0 Å². The Balaban J connectivity index is 1.98. The summed E-state index contributed by atoms with van der Waals surface area (Å²) >= 11 is 0. The van der Waals surface area contributed by atoms with Gasteiger partial charge in [0, 0.05) is 17.8 Å². The molecule has 0 amide bonds. The third-order valence-corrected chi connectivity index (χ3v) is 6.25. The summed E-state index contributed by atoms with van der Waals surface area (Å²) in [4.78, 5) is 15.5. The number of hydrogen-bond acceptors (Lipinski definition) is 6. The second-order valence-electron chi connectivity index (χ2n) is 9.10. The third kappa shape index (κ3) is 5.68. The summed E-state index contributed by atoms with van der Waals surface area (Å²) in [6, 6.07) is 3.72. The summed E-state index contributed by atoms with van der Waals surface area (Å²) in [5.41, 5.74) is -0.645. The van der Waals surface area contributed by atoms with Crippen molar-refractivity contribution in [2.75, 3.05) is 6.61 Å². The van der Waals surface area contributed by atoms with Crippen LogP contribution in [0.1, 0.15) is 44.7 Å². The molecule has 0 aliphatic rings. The summed E-state index contributed by atoms with van der Waals surface area (Å²) in [5, 5.41) is 17.1. The maximum atomic E-state index is 15.0. The number of sulfonamides is 1. The first-order valence-electron chi connectivity index (χ1n) is 10.7. The lowest BCUT2D eigenvalue weighted by molar-refractivity contribution is -0.136. The number of aromatic nitrogens is 3. The average molecular weight is 527 g/mol. The molecule has 9 nitrogen and oxygen atoms in total.